The van der Waals surface area contributed by atoms with Crippen molar-refractivity contribution in [1.29, 1.82) is 0 Å². The fourth-order valence-corrected chi connectivity index (χ4v) is 4.58. The first-order valence-corrected chi connectivity index (χ1v) is 10.6. The molecule has 1 aliphatic carbocycles. The number of nitrogens with one attached hydrogen (secondary N) is 2. The summed E-state index contributed by atoms with van der Waals surface area (Å²) in [5, 5.41) is 5.46. The first-order chi connectivity index (χ1) is 15.2. The number of carbonyl (C=O) groups excluding carboxylic acids is 4. The monoisotopic (exact) mass is 431 g/mol. The molecular formula is C25H25N3O4. The van der Waals surface area contributed by atoms with Crippen LogP contribution in [0.25, 0.3) is 0 Å². The van der Waals surface area contributed by atoms with E-state index >= 15 is 0 Å². The quantitative estimate of drug-likeness (QED) is 0.565. The van der Waals surface area contributed by atoms with Crippen molar-refractivity contribution < 1.29 is 19.2 Å². The molecule has 32 heavy (non-hydrogen) atoms. The van der Waals surface area contributed by atoms with E-state index in [-0.39, 0.29) is 41.4 Å². The minimum Gasteiger partial charge on any atom is -0.326 e. The molecule has 2 N–H and O–H groups in total. The number of amides is 4. The van der Waals surface area contributed by atoms with Crippen molar-refractivity contribution in [2.75, 3.05) is 15.5 Å². The van der Waals surface area contributed by atoms with Crippen LogP contribution in [0.15, 0.2) is 60.2 Å². The van der Waals surface area contributed by atoms with Crippen LogP contribution in [0.5, 0.6) is 0 Å². The van der Waals surface area contributed by atoms with Crippen molar-refractivity contribution in [3.05, 3.63) is 65.7 Å². The molecule has 4 rings (SSSR count). The summed E-state index contributed by atoms with van der Waals surface area (Å²) >= 11 is 0. The Morgan fingerprint density at radius 2 is 1.50 bits per heavy atom. The smallest absolute Gasteiger partial charge is 0.255 e. The Morgan fingerprint density at radius 3 is 2.09 bits per heavy atom. The molecule has 3 atom stereocenters. The van der Waals surface area contributed by atoms with E-state index in [1.165, 1.54) is 11.8 Å². The van der Waals surface area contributed by atoms with E-state index < -0.39 is 0 Å². The molecule has 1 fully saturated rings. The molecule has 1 unspecified atom stereocenters. The van der Waals surface area contributed by atoms with E-state index in [2.05, 4.69) is 16.7 Å². The van der Waals surface area contributed by atoms with Crippen LogP contribution in [0.2, 0.25) is 0 Å². The Labute approximate surface area is 186 Å². The molecule has 0 bridgehead atoms. The number of anilines is 3. The lowest BCUT2D eigenvalue weighted by Crippen LogP contribution is -2.31. The maximum absolute atomic E-state index is 13.0. The zero-order valence-electron chi connectivity index (χ0n) is 18.2. The zero-order chi connectivity index (χ0) is 23.0. The van der Waals surface area contributed by atoms with Gasteiger partial charge < -0.3 is 10.6 Å². The first-order valence-electron chi connectivity index (χ1n) is 10.6. The molecule has 0 aromatic heterocycles. The van der Waals surface area contributed by atoms with E-state index in [1.54, 1.807) is 48.5 Å². The highest BCUT2D eigenvalue weighted by atomic mass is 16.2. The van der Waals surface area contributed by atoms with Crippen LogP contribution in [0, 0.1) is 17.8 Å². The van der Waals surface area contributed by atoms with Gasteiger partial charge in [0.15, 0.2) is 0 Å². The summed E-state index contributed by atoms with van der Waals surface area (Å²) in [6.07, 6.45) is 2.68. The van der Waals surface area contributed by atoms with Crippen molar-refractivity contribution in [3.8, 4) is 0 Å². The van der Waals surface area contributed by atoms with Gasteiger partial charge in [0.2, 0.25) is 17.7 Å². The molecule has 1 aliphatic heterocycles. The third-order valence-electron chi connectivity index (χ3n) is 5.98. The largest absolute Gasteiger partial charge is 0.326 e. The van der Waals surface area contributed by atoms with Crippen LogP contribution in [0.3, 0.4) is 0 Å². The van der Waals surface area contributed by atoms with Gasteiger partial charge in [0, 0.05) is 23.9 Å². The molecule has 2 aromatic rings. The molecule has 164 valence electrons. The summed E-state index contributed by atoms with van der Waals surface area (Å²) in [6.45, 7) is 5.40. The predicted octanol–water partition coefficient (Wildman–Crippen LogP) is 3.99. The van der Waals surface area contributed by atoms with E-state index in [4.69, 9.17) is 0 Å². The number of allylic oxidation sites excluding steroid dienone is 2. The Morgan fingerprint density at radius 1 is 0.906 bits per heavy atom. The zero-order valence-corrected chi connectivity index (χ0v) is 18.2. The number of nitrogens with zero attached hydrogens (tertiary/aromatic N) is 1. The number of benzene rings is 2. The maximum Gasteiger partial charge on any atom is 0.255 e. The summed E-state index contributed by atoms with van der Waals surface area (Å²) in [5.74, 6) is -1.44. The molecule has 2 aliphatic rings. The van der Waals surface area contributed by atoms with Gasteiger partial charge in [-0.3, -0.25) is 24.1 Å². The average molecular weight is 431 g/mol. The normalized spacial score (nSPS) is 22.3. The molecule has 4 amide bonds. The van der Waals surface area contributed by atoms with Crippen LogP contribution in [0.1, 0.15) is 37.6 Å². The highest BCUT2D eigenvalue weighted by Gasteiger charge is 2.51. The highest BCUT2D eigenvalue weighted by Crippen LogP contribution is 2.42. The van der Waals surface area contributed by atoms with Crippen LogP contribution < -0.4 is 15.5 Å². The number of rotatable bonds is 4. The van der Waals surface area contributed by atoms with Gasteiger partial charge in [0.05, 0.1) is 17.5 Å². The Bertz CT molecular complexity index is 1120. The lowest BCUT2D eigenvalue weighted by Gasteiger charge is -2.25. The van der Waals surface area contributed by atoms with E-state index in [0.29, 0.717) is 29.0 Å². The molecule has 0 spiro atoms. The van der Waals surface area contributed by atoms with Crippen LogP contribution in [-0.4, -0.2) is 23.6 Å². The molecular weight excluding hydrogens is 406 g/mol. The summed E-state index contributed by atoms with van der Waals surface area (Å²) in [7, 11) is 0. The fraction of sp³-hybridized carbons (Fsp3) is 0.280. The molecule has 0 radical (unpaired) electrons. The van der Waals surface area contributed by atoms with Gasteiger partial charge in [-0.25, -0.2) is 0 Å². The predicted molar refractivity (Wildman–Crippen MR) is 122 cm³/mol. The van der Waals surface area contributed by atoms with E-state index in [9.17, 15) is 19.2 Å². The number of fused-ring (bicyclic) bond motifs is 1. The number of imide groups is 1. The van der Waals surface area contributed by atoms with Gasteiger partial charge in [-0.2, -0.15) is 0 Å². The molecule has 1 heterocycles. The van der Waals surface area contributed by atoms with Crippen LogP contribution in [0.4, 0.5) is 17.1 Å². The maximum atomic E-state index is 13.0. The van der Waals surface area contributed by atoms with Crippen molar-refractivity contribution in [2.24, 2.45) is 17.8 Å². The fourth-order valence-electron chi connectivity index (χ4n) is 4.58. The molecule has 1 saturated heterocycles. The lowest BCUT2D eigenvalue weighted by molar-refractivity contribution is -0.122. The summed E-state index contributed by atoms with van der Waals surface area (Å²) < 4.78 is 0. The second-order valence-electron chi connectivity index (χ2n) is 8.48. The highest BCUT2D eigenvalue weighted by molar-refractivity contribution is 6.22. The summed E-state index contributed by atoms with van der Waals surface area (Å²) in [4.78, 5) is 50.9. The Kier molecular flexibility index (Phi) is 5.65. The van der Waals surface area contributed by atoms with Crippen molar-refractivity contribution in [3.63, 3.8) is 0 Å². The minimum absolute atomic E-state index is 0.0253. The number of hydrogen-bond donors (Lipinski definition) is 2. The standard InChI is InChI=1S/C25H25N3O4/c1-14-12-15(2)22-21(13-14)24(31)28(25(22)32)20-10-4-17(5-11-20)23(30)27-19-8-6-18(7-9-19)26-16(3)29/h4-12,15,21-22H,13H2,1-3H3,(H,26,29)(H,27,30)/t15?,21-,22+/m0/s1. The Hall–Kier alpha value is -3.74. The molecule has 7 heteroatoms. The lowest BCUT2D eigenvalue weighted by atomic mass is 9.76. The van der Waals surface area contributed by atoms with Gasteiger partial charge in [-0.15, -0.1) is 0 Å². The van der Waals surface area contributed by atoms with Gasteiger partial charge in [0.1, 0.15) is 0 Å². The van der Waals surface area contributed by atoms with Crippen molar-refractivity contribution in [2.45, 2.75) is 27.2 Å². The van der Waals surface area contributed by atoms with Gasteiger partial charge >= 0.3 is 0 Å². The second kappa shape index (κ2) is 8.42. The van der Waals surface area contributed by atoms with Crippen molar-refractivity contribution >= 4 is 40.7 Å². The summed E-state index contributed by atoms with van der Waals surface area (Å²) in [6, 6.07) is 13.2. The van der Waals surface area contributed by atoms with Gasteiger partial charge in [-0.1, -0.05) is 18.6 Å². The molecule has 7 nitrogen and oxygen atoms in total. The topological polar surface area (TPSA) is 95.6 Å². The average Bonchev–Trinajstić information content (AvgIpc) is 2.99. The SMILES string of the molecule is CC(=O)Nc1ccc(NC(=O)c2ccc(N3C(=O)[C@H]4CC(C)=CC(C)[C@H]4C3=O)cc2)cc1. The van der Waals surface area contributed by atoms with Gasteiger partial charge in [-0.05, 0) is 67.8 Å². The molecule has 0 saturated carbocycles. The van der Waals surface area contributed by atoms with Crippen LogP contribution >= 0.6 is 0 Å². The third kappa shape index (κ3) is 4.06. The summed E-state index contributed by atoms with van der Waals surface area (Å²) in [5.41, 5.74) is 3.25. The van der Waals surface area contributed by atoms with E-state index in [1.807, 2.05) is 13.8 Å². The van der Waals surface area contributed by atoms with Crippen LogP contribution in [-0.2, 0) is 14.4 Å². The number of hydrogen-bond acceptors (Lipinski definition) is 4. The molecule has 2 aromatic carbocycles. The van der Waals surface area contributed by atoms with Crippen molar-refractivity contribution in [1.82, 2.24) is 0 Å². The second-order valence-corrected chi connectivity index (χ2v) is 8.48. The Balaban J connectivity index is 1.46. The minimum atomic E-state index is -0.324. The number of carbonyl (C=O) groups is 4. The van der Waals surface area contributed by atoms with E-state index in [0.717, 1.165) is 5.57 Å². The van der Waals surface area contributed by atoms with Gasteiger partial charge in [0.25, 0.3) is 5.91 Å². The first kappa shape index (κ1) is 21.5. The third-order valence-corrected chi connectivity index (χ3v) is 5.98.